The lowest BCUT2D eigenvalue weighted by Gasteiger charge is -2.24. The maximum absolute atomic E-state index is 5.09. The van der Waals surface area contributed by atoms with Crippen molar-refractivity contribution in [2.75, 3.05) is 43.0 Å². The molecule has 0 saturated carbocycles. The molecule has 0 amide bonds. The van der Waals surface area contributed by atoms with Gasteiger partial charge < -0.3 is 9.80 Å². The van der Waals surface area contributed by atoms with Gasteiger partial charge in [-0.05, 0) is 53.6 Å². The number of hydrogen-bond donors (Lipinski definition) is 0. The second-order valence-corrected chi connectivity index (χ2v) is 8.90. The Kier molecular flexibility index (Phi) is 5.47. The Hall–Kier alpha value is -3.86. The highest BCUT2D eigenvalue weighted by atomic mass is 15.5. The van der Waals surface area contributed by atoms with E-state index < -0.39 is 0 Å². The van der Waals surface area contributed by atoms with Crippen LogP contribution in [0.4, 0.5) is 17.2 Å². The van der Waals surface area contributed by atoms with Crippen molar-refractivity contribution in [1.29, 1.82) is 0 Å². The van der Waals surface area contributed by atoms with Crippen molar-refractivity contribution < 1.29 is 0 Å². The summed E-state index contributed by atoms with van der Waals surface area (Å²) in [5.74, 6) is 0.871. The fourth-order valence-electron chi connectivity index (χ4n) is 4.29. The van der Waals surface area contributed by atoms with Crippen LogP contribution in [0.5, 0.6) is 0 Å². The molecular formula is C28H29N5. The van der Waals surface area contributed by atoms with Gasteiger partial charge in [0.05, 0.1) is 17.3 Å². The summed E-state index contributed by atoms with van der Waals surface area (Å²) < 4.78 is 0. The van der Waals surface area contributed by atoms with E-state index in [-0.39, 0.29) is 6.04 Å². The molecule has 1 aliphatic rings. The Balaban J connectivity index is 1.55. The van der Waals surface area contributed by atoms with Gasteiger partial charge in [-0.25, -0.2) is 9.99 Å². The van der Waals surface area contributed by atoms with Crippen LogP contribution in [0.3, 0.4) is 0 Å². The third-order valence-electron chi connectivity index (χ3n) is 6.24. The van der Waals surface area contributed by atoms with Crippen LogP contribution in [0.1, 0.15) is 23.6 Å². The monoisotopic (exact) mass is 435 g/mol. The van der Waals surface area contributed by atoms with Gasteiger partial charge in [-0.1, -0.05) is 42.5 Å². The van der Waals surface area contributed by atoms with Crippen LogP contribution in [0.2, 0.25) is 0 Å². The van der Waals surface area contributed by atoms with E-state index in [9.17, 15) is 0 Å². The fourth-order valence-corrected chi connectivity index (χ4v) is 4.29. The van der Waals surface area contributed by atoms with Crippen LogP contribution in [0.15, 0.2) is 90.0 Å². The number of pyridine rings is 1. The van der Waals surface area contributed by atoms with Crippen molar-refractivity contribution >= 4 is 33.8 Å². The van der Waals surface area contributed by atoms with E-state index in [4.69, 9.17) is 10.1 Å². The van der Waals surface area contributed by atoms with Crippen LogP contribution >= 0.6 is 0 Å². The molecule has 33 heavy (non-hydrogen) atoms. The molecule has 3 aromatic carbocycles. The molecule has 0 spiro atoms. The Bertz CT molecular complexity index is 1290. The minimum absolute atomic E-state index is 0.0957. The number of hydrogen-bond acceptors (Lipinski definition) is 5. The smallest absolute Gasteiger partial charge is 0.150 e. The van der Waals surface area contributed by atoms with Gasteiger partial charge in [0.15, 0.2) is 0 Å². The van der Waals surface area contributed by atoms with Crippen LogP contribution in [-0.2, 0) is 0 Å². The average Bonchev–Trinajstić information content (AvgIpc) is 3.29. The molecule has 1 unspecified atom stereocenters. The zero-order chi connectivity index (χ0) is 22.9. The summed E-state index contributed by atoms with van der Waals surface area (Å²) in [4.78, 5) is 9.18. The first-order valence-corrected chi connectivity index (χ1v) is 11.3. The summed E-state index contributed by atoms with van der Waals surface area (Å²) in [5.41, 5.74) is 6.82. The van der Waals surface area contributed by atoms with Crippen molar-refractivity contribution in [3.8, 4) is 0 Å². The molecule has 5 nitrogen and oxygen atoms in total. The van der Waals surface area contributed by atoms with Crippen molar-refractivity contribution in [3.05, 3.63) is 96.1 Å². The highest BCUT2D eigenvalue weighted by Gasteiger charge is 2.31. The molecule has 2 heterocycles. The minimum Gasteiger partial charge on any atom is -0.378 e. The molecule has 0 bridgehead atoms. The third-order valence-corrected chi connectivity index (χ3v) is 6.24. The van der Waals surface area contributed by atoms with Gasteiger partial charge in [0, 0.05) is 51.4 Å². The fraction of sp³-hybridized carbons (Fsp3) is 0.214. The Morgan fingerprint density at radius 3 is 2.03 bits per heavy atom. The Morgan fingerprint density at radius 1 is 0.727 bits per heavy atom. The Morgan fingerprint density at radius 2 is 1.36 bits per heavy atom. The number of nitrogens with zero attached hydrogens (tertiary/aromatic N) is 5. The zero-order valence-corrected chi connectivity index (χ0v) is 19.6. The summed E-state index contributed by atoms with van der Waals surface area (Å²) in [6, 6.07) is 29.9. The molecule has 4 aromatic rings. The van der Waals surface area contributed by atoms with Gasteiger partial charge in [0.2, 0.25) is 0 Å². The van der Waals surface area contributed by atoms with E-state index in [1.807, 2.05) is 12.1 Å². The first-order valence-electron chi connectivity index (χ1n) is 11.3. The lowest BCUT2D eigenvalue weighted by atomic mass is 9.98. The maximum Gasteiger partial charge on any atom is 0.150 e. The maximum atomic E-state index is 5.09. The number of para-hydroxylation sites is 1. The van der Waals surface area contributed by atoms with Crippen LogP contribution < -0.4 is 14.8 Å². The molecule has 0 aliphatic carbocycles. The molecule has 1 aromatic heterocycles. The molecule has 1 aliphatic heterocycles. The summed E-state index contributed by atoms with van der Waals surface area (Å²) in [6.07, 6.45) is 0.830. The normalized spacial score (nSPS) is 15.6. The highest BCUT2D eigenvalue weighted by molar-refractivity contribution is 6.03. The molecular weight excluding hydrogens is 406 g/mol. The standard InChI is InChI=1S/C28H29N5/c1-31(2)23-14-9-21(10-15-23)26-19-27(22-11-16-24(17-12-22)32(3)4)33(30-26)28-18-13-20-7-5-6-8-25(20)29-28/h5-18,27H,19H2,1-4H3. The SMILES string of the molecule is CN(C)c1ccc(C2=NN(c3ccc4ccccc4n3)C(c3ccc(N(C)C)cc3)C2)cc1. The molecule has 0 radical (unpaired) electrons. The predicted molar refractivity (Wildman–Crippen MR) is 140 cm³/mol. The number of aromatic nitrogens is 1. The third kappa shape index (κ3) is 4.14. The quantitative estimate of drug-likeness (QED) is 0.401. The average molecular weight is 436 g/mol. The number of fused-ring (bicyclic) bond motifs is 1. The highest BCUT2D eigenvalue weighted by Crippen LogP contribution is 2.37. The van der Waals surface area contributed by atoms with E-state index in [0.717, 1.165) is 34.4 Å². The van der Waals surface area contributed by atoms with E-state index >= 15 is 0 Å². The minimum atomic E-state index is 0.0957. The number of benzene rings is 3. The van der Waals surface area contributed by atoms with E-state index in [1.165, 1.54) is 16.9 Å². The molecule has 0 fully saturated rings. The van der Waals surface area contributed by atoms with E-state index in [0.29, 0.717) is 0 Å². The zero-order valence-electron chi connectivity index (χ0n) is 19.6. The van der Waals surface area contributed by atoms with Crippen molar-refractivity contribution in [1.82, 2.24) is 4.98 Å². The van der Waals surface area contributed by atoms with Gasteiger partial charge in [-0.15, -0.1) is 0 Å². The molecule has 0 N–H and O–H groups in total. The van der Waals surface area contributed by atoms with Crippen LogP contribution in [-0.4, -0.2) is 38.9 Å². The van der Waals surface area contributed by atoms with Gasteiger partial charge >= 0.3 is 0 Å². The van der Waals surface area contributed by atoms with Gasteiger partial charge in [-0.2, -0.15) is 5.10 Å². The van der Waals surface area contributed by atoms with Crippen LogP contribution in [0.25, 0.3) is 10.9 Å². The predicted octanol–water partition coefficient (Wildman–Crippen LogP) is 5.72. The van der Waals surface area contributed by atoms with Gasteiger partial charge in [0.1, 0.15) is 5.82 Å². The van der Waals surface area contributed by atoms with Gasteiger partial charge in [-0.3, -0.25) is 0 Å². The first-order chi connectivity index (χ1) is 16.0. The molecule has 166 valence electrons. The van der Waals surface area contributed by atoms with E-state index in [2.05, 4.69) is 116 Å². The second-order valence-electron chi connectivity index (χ2n) is 8.90. The Labute approximate surface area is 195 Å². The van der Waals surface area contributed by atoms with Crippen molar-refractivity contribution in [3.63, 3.8) is 0 Å². The summed E-state index contributed by atoms with van der Waals surface area (Å²) >= 11 is 0. The van der Waals surface area contributed by atoms with Crippen molar-refractivity contribution in [2.45, 2.75) is 12.5 Å². The topological polar surface area (TPSA) is 35.0 Å². The summed E-state index contributed by atoms with van der Waals surface area (Å²) in [5, 5.41) is 8.31. The van der Waals surface area contributed by atoms with Crippen LogP contribution in [0, 0.1) is 0 Å². The number of hydrazone groups is 1. The first kappa shape index (κ1) is 21.0. The lowest BCUT2D eigenvalue weighted by Crippen LogP contribution is -2.19. The molecule has 5 heteroatoms. The number of anilines is 3. The second kappa shape index (κ2) is 8.58. The van der Waals surface area contributed by atoms with Crippen molar-refractivity contribution in [2.24, 2.45) is 5.10 Å². The largest absolute Gasteiger partial charge is 0.378 e. The summed E-state index contributed by atoms with van der Waals surface area (Å²) in [7, 11) is 8.24. The molecule has 1 atom stereocenters. The van der Waals surface area contributed by atoms with E-state index in [1.54, 1.807) is 0 Å². The number of rotatable bonds is 5. The lowest BCUT2D eigenvalue weighted by molar-refractivity contribution is 0.700. The molecule has 5 rings (SSSR count). The van der Waals surface area contributed by atoms with Gasteiger partial charge in [0.25, 0.3) is 0 Å². The molecule has 0 saturated heterocycles. The summed E-state index contributed by atoms with van der Waals surface area (Å²) in [6.45, 7) is 0.